The van der Waals surface area contributed by atoms with Gasteiger partial charge < -0.3 is 10.2 Å². The predicted molar refractivity (Wildman–Crippen MR) is 175 cm³/mol. The van der Waals surface area contributed by atoms with E-state index in [0.29, 0.717) is 51.6 Å². The van der Waals surface area contributed by atoms with Crippen molar-refractivity contribution in [2.24, 2.45) is 5.92 Å². The zero-order valence-electron chi connectivity index (χ0n) is 25.2. The maximum atomic E-state index is 14.6. The predicted octanol–water partition coefficient (Wildman–Crippen LogP) is 8.85. The van der Waals surface area contributed by atoms with Gasteiger partial charge in [0, 0.05) is 18.4 Å². The topological polar surface area (TPSA) is 65.5 Å². The summed E-state index contributed by atoms with van der Waals surface area (Å²) in [5.41, 5.74) is 4.37. The van der Waals surface area contributed by atoms with Crippen LogP contribution in [0.4, 0.5) is 11.4 Å². The van der Waals surface area contributed by atoms with Crippen molar-refractivity contribution < 1.29 is 9.59 Å². The van der Waals surface area contributed by atoms with Crippen molar-refractivity contribution in [1.82, 2.24) is 9.88 Å². The van der Waals surface area contributed by atoms with E-state index >= 15 is 0 Å². The highest BCUT2D eigenvalue weighted by molar-refractivity contribution is 6.42. The molecule has 0 bridgehead atoms. The lowest BCUT2D eigenvalue weighted by Gasteiger charge is -2.36. The molecule has 0 spiro atoms. The first-order valence-electron chi connectivity index (χ1n) is 15.2. The average molecular weight is 618 g/mol. The molecule has 224 valence electrons. The summed E-state index contributed by atoms with van der Waals surface area (Å²) in [6.07, 6.45) is 7.99. The molecule has 3 aromatic rings. The molecule has 1 saturated carbocycles. The quantitative estimate of drug-likeness (QED) is 0.281. The van der Waals surface area contributed by atoms with Gasteiger partial charge in [0.15, 0.2) is 0 Å². The van der Waals surface area contributed by atoms with Crippen LogP contribution in [0.5, 0.6) is 0 Å². The van der Waals surface area contributed by atoms with Crippen LogP contribution in [0.1, 0.15) is 78.0 Å². The number of carbonyl (C=O) groups is 2. The number of halogens is 2. The van der Waals surface area contributed by atoms with Crippen LogP contribution in [0.25, 0.3) is 10.9 Å². The lowest BCUT2D eigenvalue weighted by atomic mass is 9.94. The van der Waals surface area contributed by atoms with Gasteiger partial charge in [-0.2, -0.15) is 0 Å². The molecule has 1 atom stereocenters. The zero-order chi connectivity index (χ0) is 30.5. The third-order valence-corrected chi connectivity index (χ3v) is 9.94. The average Bonchev–Trinajstić information content (AvgIpc) is 3.51. The van der Waals surface area contributed by atoms with E-state index in [-0.39, 0.29) is 11.8 Å². The molecule has 2 aliphatic heterocycles. The number of benzene rings is 2. The number of hydrogen-bond donors (Lipinski definition) is 1. The van der Waals surface area contributed by atoms with Crippen LogP contribution >= 0.6 is 23.2 Å². The van der Waals surface area contributed by atoms with Crippen molar-refractivity contribution in [3.63, 3.8) is 0 Å². The van der Waals surface area contributed by atoms with Gasteiger partial charge in [0.1, 0.15) is 6.04 Å². The van der Waals surface area contributed by atoms with Gasteiger partial charge in [-0.3, -0.25) is 19.5 Å². The number of amides is 2. The molecule has 3 aliphatic rings. The number of allylic oxidation sites excluding steroid dienone is 1. The summed E-state index contributed by atoms with van der Waals surface area (Å²) in [5, 5.41) is 5.29. The number of hydrogen-bond acceptors (Lipinski definition) is 4. The molecule has 1 aliphatic carbocycles. The van der Waals surface area contributed by atoms with Gasteiger partial charge in [-0.1, -0.05) is 84.8 Å². The highest BCUT2D eigenvalue weighted by atomic mass is 35.5. The van der Waals surface area contributed by atoms with Gasteiger partial charge >= 0.3 is 0 Å². The number of rotatable bonds is 6. The minimum Gasteiger partial charge on any atom is -0.355 e. The molecule has 3 heterocycles. The lowest BCUT2D eigenvalue weighted by Crippen LogP contribution is -2.46. The number of carbonyl (C=O) groups excluding carboxylic acids is 2. The number of nitrogens with zero attached hydrogens (tertiary/aromatic N) is 3. The highest BCUT2D eigenvalue weighted by Gasteiger charge is 2.51. The first-order valence-corrected chi connectivity index (χ1v) is 16.0. The second kappa shape index (κ2) is 11.6. The van der Waals surface area contributed by atoms with Gasteiger partial charge in [0.2, 0.25) is 5.91 Å². The fourth-order valence-electron chi connectivity index (χ4n) is 6.81. The van der Waals surface area contributed by atoms with Crippen LogP contribution in [-0.2, 0) is 9.59 Å². The number of fused-ring (bicyclic) bond motifs is 2. The minimum absolute atomic E-state index is 0.0598. The maximum absolute atomic E-state index is 14.6. The summed E-state index contributed by atoms with van der Waals surface area (Å²) in [7, 11) is 0. The Morgan fingerprint density at radius 2 is 1.79 bits per heavy atom. The third-order valence-electron chi connectivity index (χ3n) is 9.21. The number of anilines is 2. The summed E-state index contributed by atoms with van der Waals surface area (Å²) < 4.78 is 0. The number of aromatic nitrogens is 1. The van der Waals surface area contributed by atoms with E-state index in [2.05, 4.69) is 11.4 Å². The molecule has 6 rings (SSSR count). The fraction of sp³-hybridized carbons (Fsp3) is 0.400. The van der Waals surface area contributed by atoms with Crippen molar-refractivity contribution in [3.05, 3.63) is 87.2 Å². The van der Waals surface area contributed by atoms with Crippen LogP contribution in [0, 0.1) is 5.92 Å². The smallest absolute Gasteiger partial charge is 0.255 e. The second-order valence-electron chi connectivity index (χ2n) is 12.7. The highest BCUT2D eigenvalue weighted by Crippen LogP contribution is 2.50. The second-order valence-corrected chi connectivity index (χ2v) is 13.6. The van der Waals surface area contributed by atoms with Crippen LogP contribution in [0.15, 0.2) is 71.5 Å². The van der Waals surface area contributed by atoms with Crippen LogP contribution in [0.3, 0.4) is 0 Å². The van der Waals surface area contributed by atoms with Crippen molar-refractivity contribution in [3.8, 4) is 0 Å². The Hall–Kier alpha value is -3.35. The van der Waals surface area contributed by atoms with Gasteiger partial charge in [0.05, 0.1) is 49.4 Å². The summed E-state index contributed by atoms with van der Waals surface area (Å²) in [4.78, 5) is 37.8. The normalized spacial score (nSPS) is 19.8. The van der Waals surface area contributed by atoms with E-state index in [1.165, 1.54) is 12.8 Å². The fourth-order valence-corrected chi connectivity index (χ4v) is 7.13. The van der Waals surface area contributed by atoms with E-state index in [9.17, 15) is 9.59 Å². The van der Waals surface area contributed by atoms with Gasteiger partial charge in [-0.15, -0.1) is 0 Å². The standard InChI is InChI=1S/C35H38Cl2N4O2/c1-21(2)17-18-40-34(43)31-32(27-15-14-23-11-7-8-12-26(23)38-27)41(30(42)16-13-22-9-5-6-10-22)29-20-25(37)24(36)19-28(29)39-33(31)35(40,3)4/h7-8,11-12,14-15,17,19-20,22,32,39H,5-6,9-10,13,16,18H2,1-4H3. The first-order chi connectivity index (χ1) is 20.6. The Labute approximate surface area is 263 Å². The van der Waals surface area contributed by atoms with Gasteiger partial charge in [-0.25, -0.2) is 0 Å². The molecule has 0 radical (unpaired) electrons. The molecule has 1 fully saturated rings. The minimum atomic E-state index is -0.759. The van der Waals surface area contributed by atoms with E-state index in [1.807, 2.05) is 69.0 Å². The maximum Gasteiger partial charge on any atom is 0.255 e. The van der Waals surface area contributed by atoms with E-state index in [0.717, 1.165) is 41.4 Å². The lowest BCUT2D eigenvalue weighted by molar-refractivity contribution is -0.128. The summed E-state index contributed by atoms with van der Waals surface area (Å²) in [5.74, 6) is 0.361. The molecular formula is C35H38Cl2N4O2. The van der Waals surface area contributed by atoms with E-state index in [4.69, 9.17) is 28.2 Å². The van der Waals surface area contributed by atoms with Crippen molar-refractivity contribution in [1.29, 1.82) is 0 Å². The summed E-state index contributed by atoms with van der Waals surface area (Å²) in [6, 6.07) is 14.6. The number of para-hydroxylation sites is 1. The molecular weight excluding hydrogens is 579 g/mol. The Bertz CT molecular complexity index is 1670. The summed E-state index contributed by atoms with van der Waals surface area (Å²) >= 11 is 13.2. The molecule has 1 N–H and O–H groups in total. The SMILES string of the molecule is CC(C)=CCN1C(=O)C2=C(Nc3cc(Cl)c(Cl)cc3N(C(=O)CCC3CCCC3)C2c2ccc3ccccc3n2)C1(C)C. The van der Waals surface area contributed by atoms with Crippen LogP contribution in [-0.4, -0.2) is 33.8 Å². The van der Waals surface area contributed by atoms with E-state index in [1.54, 1.807) is 17.0 Å². The molecule has 1 aromatic heterocycles. The van der Waals surface area contributed by atoms with Crippen LogP contribution < -0.4 is 10.2 Å². The number of nitrogens with one attached hydrogen (secondary N) is 1. The molecule has 1 unspecified atom stereocenters. The van der Waals surface area contributed by atoms with Gasteiger partial charge in [0.25, 0.3) is 5.91 Å². The molecule has 43 heavy (non-hydrogen) atoms. The third kappa shape index (κ3) is 5.44. The van der Waals surface area contributed by atoms with Crippen molar-refractivity contribution >= 4 is 57.3 Å². The van der Waals surface area contributed by atoms with Crippen LogP contribution in [0.2, 0.25) is 10.0 Å². The molecule has 8 heteroatoms. The zero-order valence-corrected chi connectivity index (χ0v) is 26.7. The number of pyridine rings is 1. The van der Waals surface area contributed by atoms with E-state index < -0.39 is 11.6 Å². The first kappa shape index (κ1) is 29.7. The Morgan fingerprint density at radius 3 is 2.53 bits per heavy atom. The Morgan fingerprint density at radius 1 is 1.07 bits per heavy atom. The summed E-state index contributed by atoms with van der Waals surface area (Å²) in [6.45, 7) is 8.58. The Kier molecular flexibility index (Phi) is 8.03. The molecule has 6 nitrogen and oxygen atoms in total. The van der Waals surface area contributed by atoms with Crippen molar-refractivity contribution in [2.75, 3.05) is 16.8 Å². The molecule has 2 amide bonds. The van der Waals surface area contributed by atoms with Gasteiger partial charge in [-0.05, 0) is 64.3 Å². The molecule has 0 saturated heterocycles. The largest absolute Gasteiger partial charge is 0.355 e. The van der Waals surface area contributed by atoms with Crippen molar-refractivity contribution in [2.45, 2.75) is 77.8 Å². The monoisotopic (exact) mass is 616 g/mol. The Balaban J connectivity index is 1.57. The molecule has 2 aromatic carbocycles.